The zero-order chi connectivity index (χ0) is 29.5. The van der Waals surface area contributed by atoms with Gasteiger partial charge in [-0.25, -0.2) is 8.42 Å². The Labute approximate surface area is 242 Å². The van der Waals surface area contributed by atoms with Crippen LogP contribution >= 0.6 is 0 Å². The van der Waals surface area contributed by atoms with E-state index in [2.05, 4.69) is 20.8 Å². The molecule has 5 heterocycles. The lowest BCUT2D eigenvalue weighted by atomic mass is 9.87. The van der Waals surface area contributed by atoms with Crippen molar-refractivity contribution in [2.45, 2.75) is 94.2 Å². The molecule has 0 aromatic carbocycles. The summed E-state index contributed by atoms with van der Waals surface area (Å²) in [5.41, 5.74) is 0.00747. The second kappa shape index (κ2) is 11.9. The van der Waals surface area contributed by atoms with Crippen LogP contribution in [-0.2, 0) is 27.5 Å². The molecule has 2 aromatic rings. The molecule has 4 aliphatic rings. The van der Waals surface area contributed by atoms with Gasteiger partial charge in [-0.05, 0) is 69.4 Å². The van der Waals surface area contributed by atoms with Crippen LogP contribution in [0.5, 0.6) is 0 Å². The van der Waals surface area contributed by atoms with Gasteiger partial charge in [0.15, 0.2) is 5.69 Å². The van der Waals surface area contributed by atoms with Crippen LogP contribution in [0.3, 0.4) is 0 Å². The molecular weight excluding hydrogens is 575 g/mol. The van der Waals surface area contributed by atoms with Crippen LogP contribution in [0.4, 0.5) is 13.2 Å². The van der Waals surface area contributed by atoms with Crippen LogP contribution in [0.2, 0.25) is 0 Å². The third-order valence-corrected chi connectivity index (χ3v) is 11.3. The number of amides is 1. The van der Waals surface area contributed by atoms with E-state index in [0.29, 0.717) is 44.1 Å². The number of pyridine rings is 1. The highest BCUT2D eigenvalue weighted by atomic mass is 32.2. The summed E-state index contributed by atoms with van der Waals surface area (Å²) in [6, 6.07) is 3.90. The fourth-order valence-corrected chi connectivity index (χ4v) is 9.21. The van der Waals surface area contributed by atoms with E-state index in [1.54, 1.807) is 10.4 Å². The number of alkyl halides is 3. The quantitative estimate of drug-likeness (QED) is 0.441. The van der Waals surface area contributed by atoms with Gasteiger partial charge in [-0.3, -0.25) is 9.78 Å². The van der Waals surface area contributed by atoms with Gasteiger partial charge in [-0.1, -0.05) is 5.16 Å². The molecular formula is C28H36F3N5O5S. The number of ether oxygens (including phenoxy) is 1. The number of carbonyl (C=O) groups is 1. The zero-order valence-electron chi connectivity index (χ0n) is 23.2. The van der Waals surface area contributed by atoms with E-state index in [0.717, 1.165) is 50.8 Å². The fraction of sp³-hybridized carbons (Fsp3) is 0.679. The Hall–Kier alpha value is -2.55. The zero-order valence-corrected chi connectivity index (χ0v) is 24.0. The number of nitrogens with zero attached hydrogens (tertiary/aromatic N) is 3. The molecule has 3 aliphatic heterocycles. The number of fused-ring (bicyclic) bond motifs is 2. The van der Waals surface area contributed by atoms with Crippen molar-refractivity contribution in [3.8, 4) is 0 Å². The number of halogens is 3. The van der Waals surface area contributed by atoms with Crippen molar-refractivity contribution in [1.82, 2.24) is 25.1 Å². The minimum atomic E-state index is -4.41. The van der Waals surface area contributed by atoms with E-state index < -0.39 is 21.8 Å². The molecule has 1 saturated carbocycles. The van der Waals surface area contributed by atoms with Crippen molar-refractivity contribution in [3.63, 3.8) is 0 Å². The average molecular weight is 612 g/mol. The number of nitrogens with one attached hydrogen (secondary N) is 2. The third kappa shape index (κ3) is 6.51. The molecule has 10 nitrogen and oxygen atoms in total. The maximum atomic E-state index is 13.6. The molecule has 14 heteroatoms. The third-order valence-electron chi connectivity index (χ3n) is 9.14. The molecule has 1 unspecified atom stereocenters. The molecule has 1 aliphatic carbocycles. The molecule has 0 spiro atoms. The Kier molecular flexibility index (Phi) is 8.33. The summed E-state index contributed by atoms with van der Waals surface area (Å²) >= 11 is 0. The molecule has 42 heavy (non-hydrogen) atoms. The molecule has 230 valence electrons. The van der Waals surface area contributed by atoms with Crippen LogP contribution in [0.15, 0.2) is 28.9 Å². The monoisotopic (exact) mass is 611 g/mol. The molecule has 3 atom stereocenters. The molecule has 2 bridgehead atoms. The summed E-state index contributed by atoms with van der Waals surface area (Å²) in [5.74, 6) is 0.673. The van der Waals surface area contributed by atoms with Gasteiger partial charge in [0.25, 0.3) is 5.91 Å². The second-order valence-corrected chi connectivity index (χ2v) is 14.0. The molecule has 3 saturated heterocycles. The highest BCUT2D eigenvalue weighted by Gasteiger charge is 2.47. The fourth-order valence-electron chi connectivity index (χ4n) is 6.82. The Morgan fingerprint density at radius 2 is 1.74 bits per heavy atom. The predicted octanol–water partition coefficient (Wildman–Crippen LogP) is 3.61. The summed E-state index contributed by atoms with van der Waals surface area (Å²) < 4.78 is 77.5. The second-order valence-electron chi connectivity index (χ2n) is 12.1. The lowest BCUT2D eigenvalue weighted by Gasteiger charge is -2.39. The number of aromatic nitrogens is 2. The maximum absolute atomic E-state index is 13.6. The van der Waals surface area contributed by atoms with E-state index in [1.807, 2.05) is 0 Å². The van der Waals surface area contributed by atoms with Crippen LogP contribution in [-0.4, -0.2) is 71.9 Å². The Balaban J connectivity index is 0.958. The van der Waals surface area contributed by atoms with Gasteiger partial charge >= 0.3 is 6.18 Å². The first-order valence-corrected chi connectivity index (χ1v) is 16.3. The van der Waals surface area contributed by atoms with Crippen molar-refractivity contribution < 1.29 is 35.6 Å². The maximum Gasteiger partial charge on any atom is 0.417 e. The predicted molar refractivity (Wildman–Crippen MR) is 145 cm³/mol. The largest absolute Gasteiger partial charge is 0.417 e. The summed E-state index contributed by atoms with van der Waals surface area (Å²) in [6.45, 7) is 1.50. The minimum Gasteiger partial charge on any atom is -0.380 e. The highest BCUT2D eigenvalue weighted by molar-refractivity contribution is 7.89. The number of rotatable bonds is 9. The number of sulfonamides is 1. The lowest BCUT2D eigenvalue weighted by Crippen LogP contribution is -2.53. The van der Waals surface area contributed by atoms with Crippen LogP contribution in [0.1, 0.15) is 84.8 Å². The van der Waals surface area contributed by atoms with Gasteiger partial charge in [0.05, 0.1) is 36.1 Å². The van der Waals surface area contributed by atoms with Crippen molar-refractivity contribution in [2.75, 3.05) is 19.0 Å². The van der Waals surface area contributed by atoms with E-state index in [1.165, 1.54) is 6.07 Å². The van der Waals surface area contributed by atoms with Gasteiger partial charge in [0.1, 0.15) is 5.76 Å². The first-order chi connectivity index (χ1) is 20.0. The van der Waals surface area contributed by atoms with Gasteiger partial charge in [-0.2, -0.15) is 17.5 Å². The average Bonchev–Trinajstić information content (AvgIpc) is 3.50. The number of hydrogen-bond acceptors (Lipinski definition) is 8. The van der Waals surface area contributed by atoms with E-state index in [9.17, 15) is 26.4 Å². The first kappa shape index (κ1) is 29.5. The Morgan fingerprint density at radius 3 is 2.33 bits per heavy atom. The van der Waals surface area contributed by atoms with E-state index in [4.69, 9.17) is 9.26 Å². The van der Waals surface area contributed by atoms with Crippen molar-refractivity contribution >= 4 is 15.9 Å². The lowest BCUT2D eigenvalue weighted by molar-refractivity contribution is -0.137. The van der Waals surface area contributed by atoms with Gasteiger partial charge in [0, 0.05) is 43.0 Å². The number of hydrogen-bond donors (Lipinski definition) is 2. The molecule has 4 fully saturated rings. The van der Waals surface area contributed by atoms with Crippen LogP contribution in [0, 0.1) is 5.92 Å². The smallest absolute Gasteiger partial charge is 0.380 e. The number of piperidine rings is 1. The van der Waals surface area contributed by atoms with Gasteiger partial charge in [0.2, 0.25) is 10.0 Å². The molecule has 1 amide bonds. The molecule has 0 radical (unpaired) electrons. The van der Waals surface area contributed by atoms with Gasteiger partial charge < -0.3 is 19.9 Å². The summed E-state index contributed by atoms with van der Waals surface area (Å²) in [4.78, 5) is 16.7. The van der Waals surface area contributed by atoms with Crippen LogP contribution in [0.25, 0.3) is 0 Å². The summed E-state index contributed by atoms with van der Waals surface area (Å²) in [6.07, 6.45) is 2.34. The topological polar surface area (TPSA) is 127 Å². The molecule has 2 N–H and O–H groups in total. The number of carbonyl (C=O) groups excluding carboxylic acids is 1. The Bertz CT molecular complexity index is 1340. The highest BCUT2D eigenvalue weighted by Crippen LogP contribution is 2.39. The normalized spacial score (nSPS) is 28.9. The molecule has 2 aromatic heterocycles. The van der Waals surface area contributed by atoms with Crippen molar-refractivity contribution in [2.24, 2.45) is 5.92 Å². The van der Waals surface area contributed by atoms with E-state index in [-0.39, 0.29) is 53.4 Å². The SMILES string of the molecule is O=C(NC1C[C@H]2CC[C@@H](C1)N2S(=O)(=O)CC1CCC(NCc2ccc(C(F)(F)F)cn2)CC1)c1cc(C2COC2)on1. The first-order valence-electron chi connectivity index (χ1n) is 14.7. The minimum absolute atomic E-state index is 0.0662. The standard InChI is InChI=1S/C28H36F3N5O5S/c29-28(30,31)19-3-6-21(32-12-19)13-33-20-4-1-17(2-5-20)16-42(38,39)36-23-7-8-24(36)10-22(9-23)34-27(37)25-11-26(41-35-25)18-14-40-15-18/h3,6,11-12,17-18,20,22-24,33H,1-2,4-5,7-10,13-16H2,(H,34,37)/t17?,20?,22?,23-,24+. The van der Waals surface area contributed by atoms with Gasteiger partial charge in [-0.15, -0.1) is 0 Å². The summed E-state index contributed by atoms with van der Waals surface area (Å²) in [7, 11) is -3.46. The van der Waals surface area contributed by atoms with E-state index >= 15 is 0 Å². The van der Waals surface area contributed by atoms with Crippen molar-refractivity contribution in [1.29, 1.82) is 0 Å². The summed E-state index contributed by atoms with van der Waals surface area (Å²) in [5, 5.41) is 10.3. The molecule has 6 rings (SSSR count). The van der Waals surface area contributed by atoms with Crippen molar-refractivity contribution in [3.05, 3.63) is 47.1 Å². The Morgan fingerprint density at radius 1 is 1.02 bits per heavy atom. The van der Waals surface area contributed by atoms with Crippen LogP contribution < -0.4 is 10.6 Å².